The van der Waals surface area contributed by atoms with Crippen LogP contribution in [0, 0.1) is 0 Å². The Hall–Kier alpha value is -0.0800. The quantitative estimate of drug-likeness (QED) is 0.635. The minimum Gasteiger partial charge on any atom is -0.317 e. The van der Waals surface area contributed by atoms with Crippen LogP contribution in [-0.4, -0.2) is 37.1 Å². The molecule has 70 valence electrons. The van der Waals surface area contributed by atoms with Crippen LogP contribution in [0.3, 0.4) is 0 Å². The summed E-state index contributed by atoms with van der Waals surface area (Å²) in [7, 11) is 0. The number of nitrogens with one attached hydrogen (secondary N) is 1. The first-order valence-electron chi connectivity index (χ1n) is 5.81. The van der Waals surface area contributed by atoms with Gasteiger partial charge in [0.1, 0.15) is 0 Å². The van der Waals surface area contributed by atoms with Crippen molar-refractivity contribution in [2.75, 3.05) is 26.2 Å². The van der Waals surface area contributed by atoms with Crippen molar-refractivity contribution < 1.29 is 1.37 Å². The lowest BCUT2D eigenvalue weighted by Gasteiger charge is -2.36. The lowest BCUT2D eigenvalue weighted by Crippen LogP contribution is -2.45. The molecule has 2 aliphatic rings. The lowest BCUT2D eigenvalue weighted by molar-refractivity contribution is 0.136. The van der Waals surface area contributed by atoms with Crippen molar-refractivity contribution >= 4 is 0 Å². The molecule has 2 heterocycles. The molecular formula is C10H20N2. The fraction of sp³-hybridized carbons (Fsp3) is 1.00. The molecule has 2 fully saturated rings. The van der Waals surface area contributed by atoms with Crippen LogP contribution in [0.2, 0.25) is 0 Å². The number of piperidine rings is 2. The zero-order valence-electron chi connectivity index (χ0n) is 8.76. The van der Waals surface area contributed by atoms with Gasteiger partial charge in [0.05, 0.1) is 0 Å². The zero-order valence-corrected chi connectivity index (χ0v) is 7.76. The minimum atomic E-state index is 0.220. The Morgan fingerprint density at radius 1 is 1.17 bits per heavy atom. The van der Waals surface area contributed by atoms with Gasteiger partial charge in [-0.2, -0.15) is 0 Å². The fourth-order valence-electron chi connectivity index (χ4n) is 2.31. The summed E-state index contributed by atoms with van der Waals surface area (Å²) in [5, 5.41) is 3.40. The third-order valence-corrected chi connectivity index (χ3v) is 3.07. The summed E-state index contributed by atoms with van der Waals surface area (Å²) >= 11 is 0. The topological polar surface area (TPSA) is 15.3 Å². The van der Waals surface area contributed by atoms with Crippen LogP contribution < -0.4 is 5.32 Å². The molecule has 12 heavy (non-hydrogen) atoms. The van der Waals surface area contributed by atoms with E-state index >= 15 is 0 Å². The van der Waals surface area contributed by atoms with Crippen LogP contribution in [-0.2, 0) is 0 Å². The molecule has 2 rings (SSSR count). The molecule has 0 saturated carbocycles. The average molecular weight is 169 g/mol. The first-order valence-corrected chi connectivity index (χ1v) is 5.23. The van der Waals surface area contributed by atoms with E-state index in [-0.39, 0.29) is 6.40 Å². The Morgan fingerprint density at radius 3 is 2.50 bits per heavy atom. The van der Waals surface area contributed by atoms with Crippen LogP contribution in [0.5, 0.6) is 0 Å². The third kappa shape index (κ3) is 1.99. The second-order valence-corrected chi connectivity index (χ2v) is 3.88. The maximum absolute atomic E-state index is 7.64. The highest BCUT2D eigenvalue weighted by atomic mass is 15.2. The summed E-state index contributed by atoms with van der Waals surface area (Å²) in [5.74, 6) is 0. The van der Waals surface area contributed by atoms with Gasteiger partial charge in [0.15, 0.2) is 0 Å². The van der Waals surface area contributed by atoms with Crippen molar-refractivity contribution in [2.24, 2.45) is 0 Å². The normalized spacial score (nSPS) is 31.8. The number of hydrogen-bond acceptors (Lipinski definition) is 2. The highest BCUT2D eigenvalue weighted by molar-refractivity contribution is 4.79. The average Bonchev–Trinajstić information content (AvgIpc) is 2.20. The number of rotatable bonds is 1. The largest absolute Gasteiger partial charge is 0.317 e. The molecular weight excluding hydrogens is 148 g/mol. The van der Waals surface area contributed by atoms with Crippen molar-refractivity contribution in [3.8, 4) is 0 Å². The summed E-state index contributed by atoms with van der Waals surface area (Å²) in [4.78, 5) is 2.60. The van der Waals surface area contributed by atoms with E-state index in [4.69, 9.17) is 1.37 Å². The zero-order chi connectivity index (χ0) is 9.10. The fourth-order valence-corrected chi connectivity index (χ4v) is 2.31. The van der Waals surface area contributed by atoms with Crippen LogP contribution >= 0.6 is 0 Å². The van der Waals surface area contributed by atoms with Gasteiger partial charge in [-0.1, -0.05) is 6.40 Å². The predicted molar refractivity (Wildman–Crippen MR) is 51.3 cm³/mol. The van der Waals surface area contributed by atoms with Gasteiger partial charge in [0.25, 0.3) is 0 Å². The molecule has 0 spiro atoms. The van der Waals surface area contributed by atoms with Crippen molar-refractivity contribution in [3.63, 3.8) is 0 Å². The van der Waals surface area contributed by atoms with Crippen molar-refractivity contribution in [1.29, 1.82) is 0 Å². The molecule has 0 aromatic carbocycles. The van der Waals surface area contributed by atoms with Gasteiger partial charge < -0.3 is 10.2 Å². The van der Waals surface area contributed by atoms with Crippen LogP contribution in [0.25, 0.3) is 0 Å². The van der Waals surface area contributed by atoms with Gasteiger partial charge >= 0.3 is 0 Å². The summed E-state index contributed by atoms with van der Waals surface area (Å²) in [5.41, 5.74) is 0. The van der Waals surface area contributed by atoms with E-state index in [0.717, 1.165) is 18.9 Å². The summed E-state index contributed by atoms with van der Waals surface area (Å²) < 4.78 is 7.64. The highest BCUT2D eigenvalue weighted by Gasteiger charge is 2.21. The molecule has 2 heteroatoms. The molecule has 2 saturated heterocycles. The Labute approximate surface area is 76.7 Å². The Bertz CT molecular complexity index is 149. The van der Waals surface area contributed by atoms with Gasteiger partial charge in [0.2, 0.25) is 0 Å². The van der Waals surface area contributed by atoms with E-state index in [0.29, 0.717) is 0 Å². The molecule has 1 N–H and O–H groups in total. The molecule has 2 aliphatic heterocycles. The molecule has 0 radical (unpaired) electrons. The van der Waals surface area contributed by atoms with E-state index in [1.165, 1.54) is 39.0 Å². The first-order chi connectivity index (χ1) is 6.36. The van der Waals surface area contributed by atoms with E-state index < -0.39 is 0 Å². The van der Waals surface area contributed by atoms with E-state index in [1.54, 1.807) is 0 Å². The van der Waals surface area contributed by atoms with Gasteiger partial charge in [0, 0.05) is 7.41 Å². The molecule has 0 aromatic rings. The second kappa shape index (κ2) is 4.24. The van der Waals surface area contributed by atoms with Gasteiger partial charge in [-0.25, -0.2) is 0 Å². The third-order valence-electron chi connectivity index (χ3n) is 3.07. The monoisotopic (exact) mass is 169 g/mol. The molecule has 0 aromatic heterocycles. The maximum atomic E-state index is 7.64. The highest BCUT2D eigenvalue weighted by Crippen LogP contribution is 2.17. The van der Waals surface area contributed by atoms with E-state index in [9.17, 15) is 0 Å². The maximum Gasteiger partial charge on any atom is 0.0267 e. The standard InChI is InChI=1S/C10H20N2/c1-2-8-12(9-3-1)10-4-6-11-7-5-10/h10-11H,1-9H2/i1D. The van der Waals surface area contributed by atoms with Crippen LogP contribution in [0.15, 0.2) is 0 Å². The Morgan fingerprint density at radius 2 is 1.83 bits per heavy atom. The van der Waals surface area contributed by atoms with Crippen molar-refractivity contribution in [1.82, 2.24) is 10.2 Å². The Kier molecular flexibility index (Phi) is 2.59. The summed E-state index contributed by atoms with van der Waals surface area (Å²) in [6.45, 7) is 4.70. The smallest absolute Gasteiger partial charge is 0.0267 e. The Balaban J connectivity index is 1.79. The molecule has 0 unspecified atom stereocenters. The molecule has 0 amide bonds. The SMILES string of the molecule is [2H]C1CCN(C2CCNCC2)CC1. The molecule has 0 atom stereocenters. The lowest BCUT2D eigenvalue weighted by atomic mass is 10.0. The van der Waals surface area contributed by atoms with E-state index in [1.807, 2.05) is 0 Å². The number of likely N-dealkylation sites (tertiary alicyclic amines) is 1. The molecule has 0 aliphatic carbocycles. The minimum absolute atomic E-state index is 0.220. The van der Waals surface area contributed by atoms with E-state index in [2.05, 4.69) is 10.2 Å². The molecule has 0 bridgehead atoms. The number of nitrogens with zero attached hydrogens (tertiary/aromatic N) is 1. The number of hydrogen-bond donors (Lipinski definition) is 1. The van der Waals surface area contributed by atoms with Crippen LogP contribution in [0.4, 0.5) is 0 Å². The van der Waals surface area contributed by atoms with Gasteiger partial charge in [-0.05, 0) is 51.9 Å². The summed E-state index contributed by atoms with van der Waals surface area (Å²) in [6, 6.07) is 0.814. The predicted octanol–water partition coefficient (Wildman–Crippen LogP) is 1.22. The van der Waals surface area contributed by atoms with Crippen molar-refractivity contribution in [2.45, 2.75) is 38.1 Å². The van der Waals surface area contributed by atoms with Crippen LogP contribution in [0.1, 0.15) is 33.5 Å². The second-order valence-electron chi connectivity index (χ2n) is 3.88. The van der Waals surface area contributed by atoms with Crippen molar-refractivity contribution in [3.05, 3.63) is 0 Å². The van der Waals surface area contributed by atoms with Gasteiger partial charge in [-0.3, -0.25) is 0 Å². The van der Waals surface area contributed by atoms with Gasteiger partial charge in [-0.15, -0.1) is 0 Å². The first kappa shape index (κ1) is 7.34. The summed E-state index contributed by atoms with van der Waals surface area (Å²) in [6.07, 6.45) is 5.01. The molecule has 2 nitrogen and oxygen atoms in total.